The monoisotopic (exact) mass is 453 g/mol. The molecule has 0 saturated carbocycles. The molecule has 4 heteroatoms. The quantitative estimate of drug-likeness (QED) is 0.268. The molecule has 28 heavy (non-hydrogen) atoms. The number of rotatable bonds is 7. The van der Waals surface area contributed by atoms with Gasteiger partial charge in [0.1, 0.15) is 12.4 Å². The zero-order valence-electron chi connectivity index (χ0n) is 15.7. The van der Waals surface area contributed by atoms with Gasteiger partial charge in [0.2, 0.25) is 0 Å². The standard InChI is InChI=1S/C24H21BrClNO/c1-3-4-20-14-19(15-27-22-10-11-23(26)17(2)13-22)7-12-24(20)28-16-18-5-8-21(25)9-6-18/h3,5-15H,1,4,16H2,2H3. The van der Waals surface area contributed by atoms with Gasteiger partial charge in [0, 0.05) is 15.7 Å². The van der Waals surface area contributed by atoms with E-state index in [0.29, 0.717) is 6.61 Å². The first-order chi connectivity index (χ1) is 13.5. The van der Waals surface area contributed by atoms with E-state index in [1.165, 1.54) is 0 Å². The van der Waals surface area contributed by atoms with Gasteiger partial charge in [-0.2, -0.15) is 0 Å². The zero-order valence-corrected chi connectivity index (χ0v) is 18.0. The normalized spacial score (nSPS) is 11.0. The van der Waals surface area contributed by atoms with Crippen LogP contribution in [0.2, 0.25) is 5.02 Å². The minimum atomic E-state index is 0.523. The second kappa shape index (κ2) is 9.72. The number of aliphatic imine (C=N–C) groups is 1. The maximum atomic E-state index is 6.07. The van der Waals surface area contributed by atoms with Crippen molar-refractivity contribution in [3.05, 3.63) is 105 Å². The van der Waals surface area contributed by atoms with Crippen molar-refractivity contribution in [1.29, 1.82) is 0 Å². The first kappa shape index (κ1) is 20.4. The van der Waals surface area contributed by atoms with E-state index >= 15 is 0 Å². The van der Waals surface area contributed by atoms with Gasteiger partial charge < -0.3 is 4.74 Å². The molecule has 3 aromatic carbocycles. The number of nitrogens with zero attached hydrogens (tertiary/aromatic N) is 1. The van der Waals surface area contributed by atoms with Crippen molar-refractivity contribution in [1.82, 2.24) is 0 Å². The lowest BCUT2D eigenvalue weighted by Gasteiger charge is -2.11. The molecule has 3 aromatic rings. The molecule has 0 aromatic heterocycles. The molecule has 0 aliphatic heterocycles. The molecule has 0 aliphatic rings. The van der Waals surface area contributed by atoms with Crippen LogP contribution >= 0.6 is 27.5 Å². The number of benzene rings is 3. The smallest absolute Gasteiger partial charge is 0.123 e. The molecule has 0 N–H and O–H groups in total. The van der Waals surface area contributed by atoms with Crippen LogP contribution in [0.25, 0.3) is 0 Å². The highest BCUT2D eigenvalue weighted by atomic mass is 79.9. The van der Waals surface area contributed by atoms with E-state index in [1.54, 1.807) is 0 Å². The van der Waals surface area contributed by atoms with Gasteiger partial charge in [0.25, 0.3) is 0 Å². The topological polar surface area (TPSA) is 21.6 Å². The van der Waals surface area contributed by atoms with Crippen molar-refractivity contribution in [2.75, 3.05) is 0 Å². The van der Waals surface area contributed by atoms with E-state index in [-0.39, 0.29) is 0 Å². The summed E-state index contributed by atoms with van der Waals surface area (Å²) >= 11 is 9.52. The van der Waals surface area contributed by atoms with Crippen molar-refractivity contribution in [2.45, 2.75) is 20.0 Å². The van der Waals surface area contributed by atoms with Crippen LogP contribution in [0.15, 0.2) is 82.8 Å². The summed E-state index contributed by atoms with van der Waals surface area (Å²) in [5.41, 5.74) is 5.11. The van der Waals surface area contributed by atoms with Gasteiger partial charge in [-0.3, -0.25) is 4.99 Å². The molecule has 0 spiro atoms. The van der Waals surface area contributed by atoms with Crippen LogP contribution in [0.4, 0.5) is 5.69 Å². The van der Waals surface area contributed by atoms with Gasteiger partial charge in [-0.15, -0.1) is 6.58 Å². The summed E-state index contributed by atoms with van der Waals surface area (Å²) in [6.07, 6.45) is 4.47. The third kappa shape index (κ3) is 5.57. The van der Waals surface area contributed by atoms with Crippen molar-refractivity contribution in [3.8, 4) is 5.75 Å². The molecule has 0 fully saturated rings. The number of ether oxygens (including phenoxy) is 1. The van der Waals surface area contributed by atoms with E-state index < -0.39 is 0 Å². The van der Waals surface area contributed by atoms with E-state index in [4.69, 9.17) is 16.3 Å². The number of aryl methyl sites for hydroxylation is 1. The van der Waals surface area contributed by atoms with E-state index in [0.717, 1.165) is 49.6 Å². The summed E-state index contributed by atoms with van der Waals surface area (Å²) in [7, 11) is 0. The average molecular weight is 455 g/mol. The number of halogens is 2. The average Bonchev–Trinajstić information content (AvgIpc) is 2.69. The minimum absolute atomic E-state index is 0.523. The first-order valence-corrected chi connectivity index (χ1v) is 10.1. The lowest BCUT2D eigenvalue weighted by molar-refractivity contribution is 0.303. The molecular weight excluding hydrogens is 434 g/mol. The predicted molar refractivity (Wildman–Crippen MR) is 122 cm³/mol. The number of hydrogen-bond donors (Lipinski definition) is 0. The SMILES string of the molecule is C=CCc1cc(C=Nc2ccc(Cl)c(C)c2)ccc1OCc1ccc(Br)cc1. The van der Waals surface area contributed by atoms with Crippen LogP contribution < -0.4 is 4.74 Å². The first-order valence-electron chi connectivity index (χ1n) is 8.96. The Bertz CT molecular complexity index is 996. The van der Waals surface area contributed by atoms with Gasteiger partial charge in [-0.25, -0.2) is 0 Å². The van der Waals surface area contributed by atoms with Crippen LogP contribution in [0.1, 0.15) is 22.3 Å². The summed E-state index contributed by atoms with van der Waals surface area (Å²) < 4.78 is 7.10. The fourth-order valence-electron chi connectivity index (χ4n) is 2.74. The molecule has 0 amide bonds. The highest BCUT2D eigenvalue weighted by molar-refractivity contribution is 9.10. The third-order valence-corrected chi connectivity index (χ3v) is 5.21. The van der Waals surface area contributed by atoms with Gasteiger partial charge in [-0.05, 0) is 84.1 Å². The minimum Gasteiger partial charge on any atom is -0.489 e. The fourth-order valence-corrected chi connectivity index (χ4v) is 3.12. The maximum absolute atomic E-state index is 6.07. The van der Waals surface area contributed by atoms with Crippen LogP contribution in [-0.4, -0.2) is 6.21 Å². The van der Waals surface area contributed by atoms with Crippen molar-refractivity contribution in [3.63, 3.8) is 0 Å². The van der Waals surface area contributed by atoms with Crippen molar-refractivity contribution < 1.29 is 4.74 Å². The Morgan fingerprint density at radius 1 is 1.07 bits per heavy atom. The Morgan fingerprint density at radius 3 is 2.57 bits per heavy atom. The molecular formula is C24H21BrClNO. The Labute approximate surface area is 179 Å². The number of allylic oxidation sites excluding steroid dienone is 1. The molecule has 0 unspecified atom stereocenters. The highest BCUT2D eigenvalue weighted by Gasteiger charge is 2.05. The Balaban J connectivity index is 1.75. The van der Waals surface area contributed by atoms with Crippen LogP contribution in [0.5, 0.6) is 5.75 Å². The summed E-state index contributed by atoms with van der Waals surface area (Å²) in [5.74, 6) is 0.863. The molecule has 3 rings (SSSR count). The molecule has 142 valence electrons. The van der Waals surface area contributed by atoms with E-state index in [1.807, 2.05) is 73.8 Å². The molecule has 0 aliphatic carbocycles. The summed E-state index contributed by atoms with van der Waals surface area (Å²) in [6, 6.07) is 20.0. The van der Waals surface area contributed by atoms with Crippen LogP contribution in [0, 0.1) is 6.92 Å². The van der Waals surface area contributed by atoms with Gasteiger partial charge >= 0.3 is 0 Å². The maximum Gasteiger partial charge on any atom is 0.123 e. The van der Waals surface area contributed by atoms with Gasteiger partial charge in [0.15, 0.2) is 0 Å². The molecule has 2 nitrogen and oxygen atoms in total. The second-order valence-corrected chi connectivity index (χ2v) is 7.79. The summed E-state index contributed by atoms with van der Waals surface area (Å²) in [6.45, 7) is 6.36. The summed E-state index contributed by atoms with van der Waals surface area (Å²) in [4.78, 5) is 4.56. The largest absolute Gasteiger partial charge is 0.489 e. The molecule has 0 atom stereocenters. The van der Waals surface area contributed by atoms with Gasteiger partial charge in [0.05, 0.1) is 5.69 Å². The Kier molecular flexibility index (Phi) is 7.07. The number of hydrogen-bond acceptors (Lipinski definition) is 2. The van der Waals surface area contributed by atoms with Gasteiger partial charge in [-0.1, -0.05) is 45.7 Å². The Hall–Kier alpha value is -2.36. The second-order valence-electron chi connectivity index (χ2n) is 6.47. The van der Waals surface area contributed by atoms with Crippen molar-refractivity contribution in [2.24, 2.45) is 4.99 Å². The van der Waals surface area contributed by atoms with Crippen LogP contribution in [0.3, 0.4) is 0 Å². The van der Waals surface area contributed by atoms with E-state index in [9.17, 15) is 0 Å². The lowest BCUT2D eigenvalue weighted by atomic mass is 10.1. The zero-order chi connectivity index (χ0) is 19.9. The molecule has 0 radical (unpaired) electrons. The molecule has 0 heterocycles. The van der Waals surface area contributed by atoms with Crippen molar-refractivity contribution >= 4 is 39.4 Å². The molecule has 0 bridgehead atoms. The third-order valence-electron chi connectivity index (χ3n) is 4.26. The predicted octanol–water partition coefficient (Wildman–Crippen LogP) is 7.47. The Morgan fingerprint density at radius 2 is 1.86 bits per heavy atom. The van der Waals surface area contributed by atoms with Crippen LogP contribution in [-0.2, 0) is 13.0 Å². The summed E-state index contributed by atoms with van der Waals surface area (Å²) in [5, 5.41) is 0.750. The molecule has 0 saturated heterocycles. The fraction of sp³-hybridized carbons (Fsp3) is 0.125. The highest BCUT2D eigenvalue weighted by Crippen LogP contribution is 2.24. The van der Waals surface area contributed by atoms with E-state index in [2.05, 4.69) is 33.6 Å². The lowest BCUT2D eigenvalue weighted by Crippen LogP contribution is -1.99.